The van der Waals surface area contributed by atoms with E-state index in [1.54, 1.807) is 13.8 Å². The molecule has 0 aromatic heterocycles. The highest BCUT2D eigenvalue weighted by atomic mass is 32.2. The number of thiocarbonyl (C=S) groups is 1. The van der Waals surface area contributed by atoms with Crippen LogP contribution in [0.4, 0.5) is 0 Å². The summed E-state index contributed by atoms with van der Waals surface area (Å²) in [6.07, 6.45) is 0.171. The quantitative estimate of drug-likeness (QED) is 0.558. The number of nitrogens with zero attached hydrogens (tertiary/aromatic N) is 1. The first-order chi connectivity index (χ1) is 9.63. The van der Waals surface area contributed by atoms with Crippen LogP contribution in [0.3, 0.4) is 0 Å². The molecular formula is C13H19NO4S3. The van der Waals surface area contributed by atoms with E-state index in [0.717, 1.165) is 5.75 Å². The summed E-state index contributed by atoms with van der Waals surface area (Å²) in [5, 5.41) is 0.564. The third-order valence-electron chi connectivity index (χ3n) is 2.54. The van der Waals surface area contributed by atoms with Gasteiger partial charge in [0.05, 0.1) is 0 Å². The average molecular weight is 349 g/mol. The molecule has 5 nitrogen and oxygen atoms in total. The second-order valence-electron chi connectivity index (χ2n) is 5.53. The van der Waals surface area contributed by atoms with Gasteiger partial charge in [-0.3, -0.25) is 9.59 Å². The first-order valence-corrected chi connectivity index (χ1v) is 8.78. The first kappa shape index (κ1) is 18.4. The highest BCUT2D eigenvalue weighted by Crippen LogP contribution is 2.33. The normalized spacial score (nSPS) is 15.8. The molecule has 0 spiro atoms. The van der Waals surface area contributed by atoms with Gasteiger partial charge in [0.25, 0.3) is 11.8 Å². The summed E-state index contributed by atoms with van der Waals surface area (Å²) < 4.78 is -0.311. The molecule has 1 saturated heterocycles. The molecule has 0 aliphatic carbocycles. The highest BCUT2D eigenvalue weighted by molar-refractivity contribution is 8.47. The predicted molar refractivity (Wildman–Crippen MR) is 88.7 cm³/mol. The Morgan fingerprint density at radius 1 is 1.33 bits per heavy atom. The number of rotatable bonds is 5. The van der Waals surface area contributed by atoms with Crippen LogP contribution in [0, 0.1) is 5.92 Å². The Balaban J connectivity index is 2.56. The number of carbonyl (C=O) groups is 3. The molecule has 0 aromatic rings. The van der Waals surface area contributed by atoms with Gasteiger partial charge in [0, 0.05) is 18.6 Å². The summed E-state index contributed by atoms with van der Waals surface area (Å²) in [6, 6.07) is 0. The minimum absolute atomic E-state index is 0.0857. The number of thioether (sulfide) groups is 2. The topological polar surface area (TPSA) is 63.7 Å². The lowest BCUT2D eigenvalue weighted by atomic mass is 10.2. The molecule has 0 bridgehead atoms. The third-order valence-corrected chi connectivity index (χ3v) is 5.66. The van der Waals surface area contributed by atoms with E-state index in [2.05, 4.69) is 13.8 Å². The predicted octanol–water partition coefficient (Wildman–Crippen LogP) is 2.78. The zero-order chi connectivity index (χ0) is 16.2. The van der Waals surface area contributed by atoms with Gasteiger partial charge in [-0.1, -0.05) is 37.8 Å². The maximum Gasteiger partial charge on any atom is 0.348 e. The van der Waals surface area contributed by atoms with Gasteiger partial charge < -0.3 is 4.84 Å². The van der Waals surface area contributed by atoms with Crippen LogP contribution < -0.4 is 0 Å². The Hall–Kier alpha value is -0.600. The van der Waals surface area contributed by atoms with Gasteiger partial charge in [0.2, 0.25) is 0 Å². The SMILES string of the molecule is CC(C)CSC(=S)SC(C)(C)C(=O)ON1C(=O)CCC1=O. The molecule has 1 heterocycles. The second-order valence-corrected chi connectivity index (χ2v) is 9.37. The van der Waals surface area contributed by atoms with Gasteiger partial charge in [0.1, 0.15) is 8.28 Å². The van der Waals surface area contributed by atoms with Crippen LogP contribution in [0.2, 0.25) is 0 Å². The van der Waals surface area contributed by atoms with Gasteiger partial charge in [0.15, 0.2) is 0 Å². The number of hydrogen-bond acceptors (Lipinski definition) is 7. The van der Waals surface area contributed by atoms with Crippen molar-refractivity contribution in [3.63, 3.8) is 0 Å². The molecule has 1 rings (SSSR count). The molecule has 1 aliphatic heterocycles. The summed E-state index contributed by atoms with van der Waals surface area (Å²) in [5.74, 6) is -0.232. The molecule has 118 valence electrons. The molecule has 0 aromatic carbocycles. The fraction of sp³-hybridized carbons (Fsp3) is 0.692. The lowest BCUT2D eigenvalue weighted by Crippen LogP contribution is -2.40. The van der Waals surface area contributed by atoms with Crippen LogP contribution in [0.25, 0.3) is 0 Å². The van der Waals surface area contributed by atoms with Crippen molar-refractivity contribution in [2.45, 2.75) is 45.3 Å². The van der Waals surface area contributed by atoms with E-state index < -0.39 is 22.5 Å². The number of imide groups is 1. The van der Waals surface area contributed by atoms with Gasteiger partial charge in [-0.25, -0.2) is 4.79 Å². The van der Waals surface area contributed by atoms with Crippen molar-refractivity contribution in [2.75, 3.05) is 5.75 Å². The summed E-state index contributed by atoms with van der Waals surface area (Å²) >= 11 is 7.96. The van der Waals surface area contributed by atoms with Crippen LogP contribution in [0.15, 0.2) is 0 Å². The Morgan fingerprint density at radius 2 is 1.86 bits per heavy atom. The summed E-state index contributed by atoms with van der Waals surface area (Å²) in [6.45, 7) is 7.50. The molecule has 1 fully saturated rings. The minimum atomic E-state index is -0.954. The van der Waals surface area contributed by atoms with E-state index >= 15 is 0 Å². The maximum absolute atomic E-state index is 12.1. The molecule has 0 unspecified atom stereocenters. The monoisotopic (exact) mass is 349 g/mol. The second kappa shape index (κ2) is 7.60. The lowest BCUT2D eigenvalue weighted by Gasteiger charge is -2.24. The molecule has 1 aliphatic rings. The highest BCUT2D eigenvalue weighted by Gasteiger charge is 2.39. The summed E-state index contributed by atoms with van der Waals surface area (Å²) in [5.41, 5.74) is 0. The van der Waals surface area contributed by atoms with Crippen molar-refractivity contribution in [1.29, 1.82) is 0 Å². The molecular weight excluding hydrogens is 330 g/mol. The van der Waals surface area contributed by atoms with Crippen molar-refractivity contribution in [3.05, 3.63) is 0 Å². The Morgan fingerprint density at radius 3 is 2.33 bits per heavy atom. The lowest BCUT2D eigenvalue weighted by molar-refractivity contribution is -0.198. The Bertz CT molecular complexity index is 446. The molecule has 2 amide bonds. The fourth-order valence-corrected chi connectivity index (χ4v) is 4.27. The van der Waals surface area contributed by atoms with Crippen LogP contribution in [-0.4, -0.2) is 36.9 Å². The van der Waals surface area contributed by atoms with Crippen molar-refractivity contribution >= 4 is 57.1 Å². The van der Waals surface area contributed by atoms with Crippen LogP contribution in [0.5, 0.6) is 0 Å². The molecule has 8 heteroatoms. The van der Waals surface area contributed by atoms with Crippen molar-refractivity contribution in [3.8, 4) is 0 Å². The number of hydroxylamine groups is 2. The molecule has 21 heavy (non-hydrogen) atoms. The van der Waals surface area contributed by atoms with Gasteiger partial charge in [-0.2, -0.15) is 0 Å². The van der Waals surface area contributed by atoms with E-state index in [1.807, 2.05) is 0 Å². The zero-order valence-electron chi connectivity index (χ0n) is 12.5. The smallest absolute Gasteiger partial charge is 0.329 e. The maximum atomic E-state index is 12.1. The number of carbonyl (C=O) groups excluding carboxylic acids is 3. The van der Waals surface area contributed by atoms with Crippen molar-refractivity contribution < 1.29 is 19.2 Å². The average Bonchev–Trinajstić information content (AvgIpc) is 2.67. The molecule has 0 atom stereocenters. The minimum Gasteiger partial charge on any atom is -0.329 e. The Labute approximate surface area is 138 Å². The van der Waals surface area contributed by atoms with E-state index in [9.17, 15) is 14.4 Å². The first-order valence-electron chi connectivity index (χ1n) is 6.57. The molecule has 0 N–H and O–H groups in total. The summed E-state index contributed by atoms with van der Waals surface area (Å²) in [7, 11) is 0. The third kappa shape index (κ3) is 5.60. The van der Waals surface area contributed by atoms with Crippen LogP contribution in [0.1, 0.15) is 40.5 Å². The van der Waals surface area contributed by atoms with E-state index in [1.165, 1.54) is 23.5 Å². The fourth-order valence-electron chi connectivity index (χ4n) is 1.36. The van der Waals surface area contributed by atoms with Crippen molar-refractivity contribution in [1.82, 2.24) is 5.06 Å². The van der Waals surface area contributed by atoms with Crippen molar-refractivity contribution in [2.24, 2.45) is 5.92 Å². The largest absolute Gasteiger partial charge is 0.348 e. The van der Waals surface area contributed by atoms with E-state index in [4.69, 9.17) is 17.1 Å². The van der Waals surface area contributed by atoms with Gasteiger partial charge in [-0.05, 0) is 19.8 Å². The molecule has 0 radical (unpaired) electrons. The van der Waals surface area contributed by atoms with Gasteiger partial charge in [-0.15, -0.1) is 16.8 Å². The van der Waals surface area contributed by atoms with Gasteiger partial charge >= 0.3 is 5.97 Å². The van der Waals surface area contributed by atoms with E-state index in [-0.39, 0.29) is 12.8 Å². The van der Waals surface area contributed by atoms with E-state index in [0.29, 0.717) is 14.5 Å². The zero-order valence-corrected chi connectivity index (χ0v) is 15.0. The molecule has 0 saturated carbocycles. The van der Waals surface area contributed by atoms with Crippen LogP contribution >= 0.6 is 35.7 Å². The summed E-state index contributed by atoms with van der Waals surface area (Å²) in [4.78, 5) is 39.9. The Kier molecular flexibility index (Phi) is 6.68. The van der Waals surface area contributed by atoms with Crippen LogP contribution in [-0.2, 0) is 19.2 Å². The number of hydrogen-bond donors (Lipinski definition) is 0. The standard InChI is InChI=1S/C13H19NO4S3/c1-8(2)7-20-12(19)21-13(3,4)11(17)18-14-9(15)5-6-10(14)16/h8H,5-7H2,1-4H3. The number of amides is 2.